The van der Waals surface area contributed by atoms with Gasteiger partial charge in [-0.15, -0.1) is 0 Å². The maximum Gasteiger partial charge on any atom is 0.329 e. The van der Waals surface area contributed by atoms with Gasteiger partial charge in [-0.2, -0.15) is 0 Å². The fraction of sp³-hybridized carbons (Fsp3) is 0.381. The zero-order valence-corrected chi connectivity index (χ0v) is 16.0. The molecule has 1 atom stereocenters. The lowest BCUT2D eigenvalue weighted by Gasteiger charge is -2.39. The number of benzene rings is 2. The topological polar surface area (TPSA) is 53.0 Å². The van der Waals surface area contributed by atoms with Crippen LogP contribution in [0.2, 0.25) is 5.02 Å². The molecule has 27 heavy (non-hydrogen) atoms. The van der Waals surface area contributed by atoms with Crippen LogP contribution in [-0.4, -0.2) is 66.8 Å². The van der Waals surface area contributed by atoms with Gasteiger partial charge in [-0.25, -0.2) is 4.79 Å². The minimum atomic E-state index is -0.924. The summed E-state index contributed by atoms with van der Waals surface area (Å²) in [5, 5.41) is 9.38. The maximum atomic E-state index is 10.5. The molecular weight excluding hydrogens is 364 g/mol. The van der Waals surface area contributed by atoms with E-state index in [1.165, 1.54) is 11.1 Å². The molecule has 2 aromatic rings. The third kappa shape index (κ3) is 5.78. The number of carboxylic acids is 1. The highest BCUT2D eigenvalue weighted by Crippen LogP contribution is 2.30. The molecule has 5 nitrogen and oxygen atoms in total. The van der Waals surface area contributed by atoms with E-state index in [4.69, 9.17) is 21.4 Å². The summed E-state index contributed by atoms with van der Waals surface area (Å²) >= 11 is 6.25. The minimum Gasteiger partial charge on any atom is -0.480 e. The van der Waals surface area contributed by atoms with Crippen LogP contribution in [0, 0.1) is 0 Å². The van der Waals surface area contributed by atoms with E-state index in [2.05, 4.69) is 40.1 Å². The highest BCUT2D eigenvalue weighted by Gasteiger charge is 2.26. The Morgan fingerprint density at radius 3 is 2.41 bits per heavy atom. The molecule has 1 aliphatic heterocycles. The molecule has 1 fully saturated rings. The van der Waals surface area contributed by atoms with E-state index in [-0.39, 0.29) is 12.6 Å². The standard InChI is InChI=1S/C21H25ClN2O3/c22-19-8-4-7-18(15-19)21(17-5-2-1-3-6-17)24-11-9-23(10-12-24)13-14-27-16-20(25)26/h1-8,15,21H,9-14,16H2,(H,25,26). The number of carbonyl (C=O) groups is 1. The van der Waals surface area contributed by atoms with Crippen molar-refractivity contribution in [2.45, 2.75) is 6.04 Å². The molecule has 1 unspecified atom stereocenters. The second-order valence-corrected chi connectivity index (χ2v) is 7.13. The molecule has 0 amide bonds. The van der Waals surface area contributed by atoms with Crippen molar-refractivity contribution in [1.29, 1.82) is 0 Å². The van der Waals surface area contributed by atoms with E-state index in [1.807, 2.05) is 24.3 Å². The second kappa shape index (κ2) is 9.85. The van der Waals surface area contributed by atoms with Crippen molar-refractivity contribution in [1.82, 2.24) is 9.80 Å². The lowest BCUT2D eigenvalue weighted by molar-refractivity contribution is -0.142. The molecule has 1 heterocycles. The largest absolute Gasteiger partial charge is 0.480 e. The predicted octanol–water partition coefficient (Wildman–Crippen LogP) is 3.15. The van der Waals surface area contributed by atoms with E-state index >= 15 is 0 Å². The Labute approximate surface area is 165 Å². The molecule has 6 heteroatoms. The van der Waals surface area contributed by atoms with E-state index in [0.717, 1.165) is 37.7 Å². The zero-order valence-electron chi connectivity index (χ0n) is 15.3. The van der Waals surface area contributed by atoms with Crippen molar-refractivity contribution < 1.29 is 14.6 Å². The molecule has 1 N–H and O–H groups in total. The van der Waals surface area contributed by atoms with Gasteiger partial charge in [0, 0.05) is 37.7 Å². The van der Waals surface area contributed by atoms with Crippen molar-refractivity contribution >= 4 is 17.6 Å². The number of ether oxygens (including phenoxy) is 1. The monoisotopic (exact) mass is 388 g/mol. The number of carboxylic acid groups (broad SMARTS) is 1. The first kappa shape index (κ1) is 19.8. The number of hydrogen-bond acceptors (Lipinski definition) is 4. The minimum absolute atomic E-state index is 0.176. The van der Waals surface area contributed by atoms with Crippen molar-refractivity contribution in [2.75, 3.05) is 45.9 Å². The molecule has 0 radical (unpaired) electrons. The van der Waals surface area contributed by atoms with Gasteiger partial charge in [0.25, 0.3) is 0 Å². The molecule has 0 bridgehead atoms. The molecule has 2 aromatic carbocycles. The van der Waals surface area contributed by atoms with E-state index < -0.39 is 5.97 Å². The molecular formula is C21H25ClN2O3. The first-order chi connectivity index (χ1) is 13.1. The number of nitrogens with zero attached hydrogens (tertiary/aromatic N) is 2. The smallest absolute Gasteiger partial charge is 0.329 e. The normalized spacial score (nSPS) is 16.9. The van der Waals surface area contributed by atoms with Gasteiger partial charge in [-0.05, 0) is 23.3 Å². The average Bonchev–Trinajstić information content (AvgIpc) is 2.67. The molecule has 144 valence electrons. The summed E-state index contributed by atoms with van der Waals surface area (Å²) in [5.41, 5.74) is 2.46. The number of halogens is 1. The van der Waals surface area contributed by atoms with E-state index in [1.54, 1.807) is 0 Å². The van der Waals surface area contributed by atoms with Gasteiger partial charge in [0.05, 0.1) is 12.6 Å². The first-order valence-electron chi connectivity index (χ1n) is 9.20. The van der Waals surface area contributed by atoms with Crippen molar-refractivity contribution in [3.8, 4) is 0 Å². The summed E-state index contributed by atoms with van der Waals surface area (Å²) in [6, 6.07) is 18.8. The summed E-state index contributed by atoms with van der Waals surface area (Å²) in [7, 11) is 0. The van der Waals surface area contributed by atoms with Gasteiger partial charge < -0.3 is 9.84 Å². The fourth-order valence-corrected chi connectivity index (χ4v) is 3.72. The molecule has 0 aromatic heterocycles. The van der Waals surface area contributed by atoms with Crippen LogP contribution in [0.1, 0.15) is 17.2 Å². The van der Waals surface area contributed by atoms with Crippen molar-refractivity contribution in [2.24, 2.45) is 0 Å². The van der Waals surface area contributed by atoms with Gasteiger partial charge in [-0.1, -0.05) is 54.1 Å². The van der Waals surface area contributed by atoms with Crippen molar-refractivity contribution in [3.63, 3.8) is 0 Å². The third-order valence-electron chi connectivity index (χ3n) is 4.83. The Morgan fingerprint density at radius 2 is 1.74 bits per heavy atom. The Bertz CT molecular complexity index is 733. The lowest BCUT2D eigenvalue weighted by atomic mass is 9.96. The van der Waals surface area contributed by atoms with Gasteiger partial charge in [0.2, 0.25) is 0 Å². The van der Waals surface area contributed by atoms with Gasteiger partial charge in [0.1, 0.15) is 6.61 Å². The number of hydrogen-bond donors (Lipinski definition) is 1. The van der Waals surface area contributed by atoms with Crippen LogP contribution < -0.4 is 0 Å². The average molecular weight is 389 g/mol. The maximum absolute atomic E-state index is 10.5. The summed E-state index contributed by atoms with van der Waals surface area (Å²) < 4.78 is 5.15. The van der Waals surface area contributed by atoms with Crippen LogP contribution in [0.4, 0.5) is 0 Å². The predicted molar refractivity (Wildman–Crippen MR) is 106 cm³/mol. The van der Waals surface area contributed by atoms with Gasteiger partial charge >= 0.3 is 5.97 Å². The Morgan fingerprint density at radius 1 is 1.04 bits per heavy atom. The highest BCUT2D eigenvalue weighted by atomic mass is 35.5. The Hall–Kier alpha value is -1.92. The van der Waals surface area contributed by atoms with Crippen LogP contribution >= 0.6 is 11.6 Å². The van der Waals surface area contributed by atoms with Crippen LogP contribution in [0.25, 0.3) is 0 Å². The van der Waals surface area contributed by atoms with Gasteiger partial charge in [0.15, 0.2) is 0 Å². The summed E-state index contributed by atoms with van der Waals surface area (Å²) in [6.45, 7) is 4.71. The highest BCUT2D eigenvalue weighted by molar-refractivity contribution is 6.30. The zero-order chi connectivity index (χ0) is 19.1. The van der Waals surface area contributed by atoms with Crippen LogP contribution in [0.5, 0.6) is 0 Å². The third-order valence-corrected chi connectivity index (χ3v) is 5.06. The van der Waals surface area contributed by atoms with Crippen LogP contribution in [0.15, 0.2) is 54.6 Å². The molecule has 1 saturated heterocycles. The van der Waals surface area contributed by atoms with E-state index in [9.17, 15) is 4.79 Å². The van der Waals surface area contributed by atoms with E-state index in [0.29, 0.717) is 6.61 Å². The Balaban J connectivity index is 1.64. The molecule has 0 aliphatic carbocycles. The molecule has 3 rings (SSSR count). The number of rotatable bonds is 8. The van der Waals surface area contributed by atoms with Crippen molar-refractivity contribution in [3.05, 3.63) is 70.7 Å². The summed E-state index contributed by atoms with van der Waals surface area (Å²) in [4.78, 5) is 15.3. The SMILES string of the molecule is O=C(O)COCCN1CCN(C(c2ccccc2)c2cccc(Cl)c2)CC1. The first-order valence-corrected chi connectivity index (χ1v) is 9.57. The fourth-order valence-electron chi connectivity index (χ4n) is 3.52. The Kier molecular flexibility index (Phi) is 7.24. The van der Waals surface area contributed by atoms with Crippen LogP contribution in [0.3, 0.4) is 0 Å². The molecule has 0 spiro atoms. The second-order valence-electron chi connectivity index (χ2n) is 6.69. The molecule has 1 aliphatic rings. The quantitative estimate of drug-likeness (QED) is 0.704. The van der Waals surface area contributed by atoms with Crippen LogP contribution in [-0.2, 0) is 9.53 Å². The summed E-state index contributed by atoms with van der Waals surface area (Å²) in [6.07, 6.45) is 0. The summed E-state index contributed by atoms with van der Waals surface area (Å²) in [5.74, 6) is -0.924. The number of piperazine rings is 1. The van der Waals surface area contributed by atoms with Gasteiger partial charge in [-0.3, -0.25) is 9.80 Å². The lowest BCUT2D eigenvalue weighted by Crippen LogP contribution is -2.48. The number of aliphatic carboxylic acids is 1. The molecule has 0 saturated carbocycles.